The summed E-state index contributed by atoms with van der Waals surface area (Å²) in [6.45, 7) is 1.20. The van der Waals surface area contributed by atoms with Crippen LogP contribution in [0.25, 0.3) is 0 Å². The number of methoxy groups -OCH3 is 1. The second kappa shape index (κ2) is 8.54. The molecule has 0 aliphatic carbocycles. The summed E-state index contributed by atoms with van der Waals surface area (Å²) in [6, 6.07) is 3.09. The van der Waals surface area contributed by atoms with Gasteiger partial charge in [0.25, 0.3) is 5.91 Å². The number of hydrogen-bond donors (Lipinski definition) is 2. The third kappa shape index (κ3) is 5.57. The monoisotopic (exact) mass is 341 g/mol. The maximum atomic E-state index is 13.1. The molecule has 0 atom stereocenters. The minimum absolute atomic E-state index is 0.239. The third-order valence-electron chi connectivity index (χ3n) is 2.91. The van der Waals surface area contributed by atoms with E-state index in [1.54, 1.807) is 12.5 Å². The van der Waals surface area contributed by atoms with Gasteiger partial charge in [-0.25, -0.2) is 13.8 Å². The summed E-state index contributed by atoms with van der Waals surface area (Å²) in [7, 11) is 1.63. The highest BCUT2D eigenvalue weighted by Gasteiger charge is 2.11. The Hall–Kier alpha value is -2.06. The van der Waals surface area contributed by atoms with E-state index in [0.29, 0.717) is 18.3 Å². The second-order valence-corrected chi connectivity index (χ2v) is 5.63. The molecule has 5 nitrogen and oxygen atoms in total. The van der Waals surface area contributed by atoms with Crippen LogP contribution < -0.4 is 10.6 Å². The van der Waals surface area contributed by atoms with Gasteiger partial charge in [0.2, 0.25) is 0 Å². The lowest BCUT2D eigenvalue weighted by molar-refractivity contribution is 0.0947. The molecule has 0 aliphatic heterocycles. The molecule has 8 heteroatoms. The average Bonchev–Trinajstić information content (AvgIpc) is 2.94. The van der Waals surface area contributed by atoms with Crippen molar-refractivity contribution in [3.8, 4) is 0 Å². The number of thiazole rings is 1. The van der Waals surface area contributed by atoms with Crippen molar-refractivity contribution in [2.45, 2.75) is 12.8 Å². The van der Waals surface area contributed by atoms with Crippen LogP contribution in [-0.2, 0) is 4.74 Å². The Morgan fingerprint density at radius 2 is 2.00 bits per heavy atom. The van der Waals surface area contributed by atoms with Gasteiger partial charge < -0.3 is 15.4 Å². The highest BCUT2D eigenvalue weighted by molar-refractivity contribution is 7.14. The molecule has 1 aromatic heterocycles. The van der Waals surface area contributed by atoms with Gasteiger partial charge in [-0.2, -0.15) is 0 Å². The molecule has 1 aromatic carbocycles. The van der Waals surface area contributed by atoms with E-state index >= 15 is 0 Å². The zero-order valence-electron chi connectivity index (χ0n) is 12.6. The number of nitrogens with zero attached hydrogens (tertiary/aromatic N) is 1. The predicted octanol–water partition coefficient (Wildman–Crippen LogP) is 3.32. The molecule has 0 saturated heterocycles. The van der Waals surface area contributed by atoms with Crippen molar-refractivity contribution in [3.63, 3.8) is 0 Å². The quantitative estimate of drug-likeness (QED) is 0.723. The number of unbranched alkanes of at least 4 members (excludes halogenated alkanes) is 1. The summed E-state index contributed by atoms with van der Waals surface area (Å²) in [6.07, 6.45) is 1.68. The second-order valence-electron chi connectivity index (χ2n) is 4.78. The first-order valence-electron chi connectivity index (χ1n) is 7.04. The van der Waals surface area contributed by atoms with E-state index in [2.05, 4.69) is 15.6 Å². The number of nitrogens with one attached hydrogen (secondary N) is 2. The van der Waals surface area contributed by atoms with Gasteiger partial charge in [0.15, 0.2) is 5.13 Å². The van der Waals surface area contributed by atoms with Gasteiger partial charge in [0.05, 0.1) is 0 Å². The normalized spacial score (nSPS) is 10.6. The van der Waals surface area contributed by atoms with Crippen LogP contribution in [0.1, 0.15) is 23.3 Å². The molecule has 1 heterocycles. The number of ether oxygens (including phenoxy) is 1. The molecular weight excluding hydrogens is 324 g/mol. The van der Waals surface area contributed by atoms with Crippen molar-refractivity contribution < 1.29 is 18.3 Å². The Morgan fingerprint density at radius 1 is 1.26 bits per heavy atom. The van der Waals surface area contributed by atoms with E-state index < -0.39 is 11.6 Å². The minimum atomic E-state index is -0.682. The first-order valence-corrected chi connectivity index (χ1v) is 7.92. The molecule has 2 aromatic rings. The van der Waals surface area contributed by atoms with Crippen LogP contribution in [0.5, 0.6) is 0 Å². The number of benzene rings is 1. The van der Waals surface area contributed by atoms with Crippen LogP contribution in [0.3, 0.4) is 0 Å². The summed E-state index contributed by atoms with van der Waals surface area (Å²) < 4.78 is 31.2. The largest absolute Gasteiger partial charge is 0.385 e. The average molecular weight is 341 g/mol. The first-order chi connectivity index (χ1) is 11.1. The van der Waals surface area contributed by atoms with E-state index in [0.717, 1.165) is 31.0 Å². The molecule has 2 N–H and O–H groups in total. The number of carbonyl (C=O) groups is 1. The van der Waals surface area contributed by atoms with Crippen LogP contribution in [-0.4, -0.2) is 31.2 Å². The highest BCUT2D eigenvalue weighted by Crippen LogP contribution is 2.22. The maximum Gasteiger partial charge on any atom is 0.270 e. The van der Waals surface area contributed by atoms with Crippen molar-refractivity contribution >= 4 is 28.1 Å². The molecule has 0 saturated carbocycles. The van der Waals surface area contributed by atoms with E-state index in [1.165, 1.54) is 11.3 Å². The fourth-order valence-electron chi connectivity index (χ4n) is 1.85. The SMILES string of the molecule is COCCCCNC(=O)c1csc(Nc2cc(F)cc(F)c2)n1. The lowest BCUT2D eigenvalue weighted by Crippen LogP contribution is -2.24. The zero-order valence-corrected chi connectivity index (χ0v) is 13.4. The fourth-order valence-corrected chi connectivity index (χ4v) is 2.56. The van der Waals surface area contributed by atoms with Crippen molar-refractivity contribution in [2.75, 3.05) is 25.6 Å². The Kier molecular flexibility index (Phi) is 6.42. The van der Waals surface area contributed by atoms with E-state index in [-0.39, 0.29) is 17.3 Å². The van der Waals surface area contributed by atoms with E-state index in [9.17, 15) is 13.6 Å². The van der Waals surface area contributed by atoms with Crippen LogP contribution in [0, 0.1) is 11.6 Å². The Balaban J connectivity index is 1.88. The Labute approximate surface area is 136 Å². The lowest BCUT2D eigenvalue weighted by atomic mass is 10.3. The summed E-state index contributed by atoms with van der Waals surface area (Å²) in [5.74, 6) is -1.65. The number of aromatic nitrogens is 1. The van der Waals surface area contributed by atoms with E-state index in [4.69, 9.17) is 4.74 Å². The van der Waals surface area contributed by atoms with Crippen molar-refractivity contribution in [1.82, 2.24) is 10.3 Å². The van der Waals surface area contributed by atoms with Crippen LogP contribution in [0.15, 0.2) is 23.6 Å². The molecule has 0 radical (unpaired) electrons. The molecule has 23 heavy (non-hydrogen) atoms. The molecule has 1 amide bonds. The number of rotatable bonds is 8. The summed E-state index contributed by atoms with van der Waals surface area (Å²) in [4.78, 5) is 16.0. The van der Waals surface area contributed by atoms with Gasteiger partial charge in [0, 0.05) is 37.4 Å². The topological polar surface area (TPSA) is 63.2 Å². The van der Waals surface area contributed by atoms with E-state index in [1.807, 2.05) is 0 Å². The summed E-state index contributed by atoms with van der Waals surface area (Å²) in [5.41, 5.74) is 0.504. The van der Waals surface area contributed by atoms with Gasteiger partial charge in [-0.1, -0.05) is 0 Å². The molecule has 0 unspecified atom stereocenters. The number of carbonyl (C=O) groups excluding carboxylic acids is 1. The Morgan fingerprint density at radius 3 is 2.70 bits per heavy atom. The number of halogens is 2. The molecule has 0 fully saturated rings. The summed E-state index contributed by atoms with van der Waals surface area (Å²) in [5, 5.41) is 7.51. The molecular formula is C15H17F2N3O2S. The molecule has 2 rings (SSSR count). The fraction of sp³-hybridized carbons (Fsp3) is 0.333. The molecule has 124 valence electrons. The number of anilines is 2. The van der Waals surface area contributed by atoms with Gasteiger partial charge in [0.1, 0.15) is 17.3 Å². The van der Waals surface area contributed by atoms with Gasteiger partial charge in [-0.3, -0.25) is 4.79 Å². The van der Waals surface area contributed by atoms with Crippen LogP contribution >= 0.6 is 11.3 Å². The van der Waals surface area contributed by atoms with Gasteiger partial charge >= 0.3 is 0 Å². The lowest BCUT2D eigenvalue weighted by Gasteiger charge is -2.03. The minimum Gasteiger partial charge on any atom is -0.385 e. The van der Waals surface area contributed by atoms with Crippen LogP contribution in [0.2, 0.25) is 0 Å². The standard InChI is InChI=1S/C15H17F2N3O2S/c1-22-5-3-2-4-18-14(21)13-9-23-15(20-13)19-12-7-10(16)6-11(17)8-12/h6-9H,2-5H2,1H3,(H,18,21)(H,19,20). The van der Waals surface area contributed by atoms with Crippen molar-refractivity contribution in [3.05, 3.63) is 40.9 Å². The summed E-state index contributed by atoms with van der Waals surface area (Å²) >= 11 is 1.18. The highest BCUT2D eigenvalue weighted by atomic mass is 32.1. The smallest absolute Gasteiger partial charge is 0.270 e. The van der Waals surface area contributed by atoms with Crippen LogP contribution in [0.4, 0.5) is 19.6 Å². The number of hydrogen-bond acceptors (Lipinski definition) is 5. The third-order valence-corrected chi connectivity index (χ3v) is 3.67. The predicted molar refractivity (Wildman–Crippen MR) is 85.2 cm³/mol. The Bertz CT molecular complexity index is 644. The molecule has 0 aliphatic rings. The van der Waals surface area contributed by atoms with Crippen molar-refractivity contribution in [1.29, 1.82) is 0 Å². The van der Waals surface area contributed by atoms with Gasteiger partial charge in [-0.15, -0.1) is 11.3 Å². The maximum absolute atomic E-state index is 13.1. The molecule has 0 bridgehead atoms. The van der Waals surface area contributed by atoms with Gasteiger partial charge in [-0.05, 0) is 25.0 Å². The zero-order chi connectivity index (χ0) is 16.7. The number of amides is 1. The molecule has 0 spiro atoms. The van der Waals surface area contributed by atoms with Crippen molar-refractivity contribution in [2.24, 2.45) is 0 Å². The first kappa shape index (κ1) is 17.3.